The molecule has 1 amide bonds. The van der Waals surface area contributed by atoms with E-state index in [-0.39, 0.29) is 5.91 Å². The number of hydrogen-bond acceptors (Lipinski definition) is 3. The van der Waals surface area contributed by atoms with Gasteiger partial charge in [0.15, 0.2) is 11.6 Å². The highest BCUT2D eigenvalue weighted by Crippen LogP contribution is 2.21. The van der Waals surface area contributed by atoms with Crippen LogP contribution < -0.4 is 0 Å². The van der Waals surface area contributed by atoms with Crippen molar-refractivity contribution in [2.24, 2.45) is 0 Å². The molecule has 2 saturated heterocycles. The molecule has 0 N–H and O–H groups in total. The Labute approximate surface area is 189 Å². The lowest BCUT2D eigenvalue weighted by Gasteiger charge is -2.38. The number of likely N-dealkylation sites (tertiary alicyclic amines) is 1. The van der Waals surface area contributed by atoms with Crippen LogP contribution in [0.3, 0.4) is 0 Å². The molecule has 0 aliphatic carbocycles. The van der Waals surface area contributed by atoms with Gasteiger partial charge in [0.05, 0.1) is 0 Å². The van der Waals surface area contributed by atoms with Crippen LogP contribution >= 0.6 is 0 Å². The third-order valence-electron chi connectivity index (χ3n) is 6.53. The highest BCUT2D eigenvalue weighted by atomic mass is 19.2. The Hall–Kier alpha value is -2.57. The first-order valence-electron chi connectivity index (χ1n) is 11.5. The minimum atomic E-state index is -0.862. The van der Waals surface area contributed by atoms with Crippen LogP contribution in [-0.4, -0.2) is 65.9 Å². The van der Waals surface area contributed by atoms with Crippen molar-refractivity contribution in [3.63, 3.8) is 0 Å². The second kappa shape index (κ2) is 10.8. The van der Waals surface area contributed by atoms with E-state index >= 15 is 0 Å². The number of piperazine rings is 1. The molecular weight excluding hydrogens is 408 g/mol. The number of nitrogens with zero attached hydrogens (tertiary/aromatic N) is 3. The quantitative estimate of drug-likeness (QED) is 0.676. The van der Waals surface area contributed by atoms with E-state index < -0.39 is 11.6 Å². The number of benzene rings is 2. The van der Waals surface area contributed by atoms with E-state index in [4.69, 9.17) is 0 Å². The number of amides is 1. The van der Waals surface area contributed by atoms with Crippen LogP contribution in [0.25, 0.3) is 6.08 Å². The lowest BCUT2D eigenvalue weighted by molar-refractivity contribution is -0.131. The van der Waals surface area contributed by atoms with Gasteiger partial charge in [-0.05, 0) is 36.1 Å². The van der Waals surface area contributed by atoms with E-state index in [1.165, 1.54) is 11.6 Å². The summed E-state index contributed by atoms with van der Waals surface area (Å²) < 4.78 is 26.7. The summed E-state index contributed by atoms with van der Waals surface area (Å²) in [5.74, 6) is -1.62. The van der Waals surface area contributed by atoms with E-state index in [1.807, 2.05) is 6.07 Å². The number of carbonyl (C=O) groups is 1. The van der Waals surface area contributed by atoms with Crippen LogP contribution in [0.5, 0.6) is 0 Å². The first kappa shape index (κ1) is 22.6. The molecule has 4 nitrogen and oxygen atoms in total. The van der Waals surface area contributed by atoms with E-state index in [9.17, 15) is 13.6 Å². The zero-order chi connectivity index (χ0) is 22.3. The van der Waals surface area contributed by atoms with Gasteiger partial charge in [0.2, 0.25) is 5.91 Å². The van der Waals surface area contributed by atoms with Crippen LogP contribution in [0.15, 0.2) is 54.6 Å². The van der Waals surface area contributed by atoms with Crippen molar-refractivity contribution in [1.82, 2.24) is 14.7 Å². The Bertz CT molecular complexity index is 926. The van der Waals surface area contributed by atoms with Gasteiger partial charge in [-0.3, -0.25) is 14.6 Å². The van der Waals surface area contributed by atoms with Crippen molar-refractivity contribution < 1.29 is 13.6 Å². The second-order valence-electron chi connectivity index (χ2n) is 8.69. The minimum Gasteiger partial charge on any atom is -0.338 e. The molecule has 32 heavy (non-hydrogen) atoms. The monoisotopic (exact) mass is 439 g/mol. The Morgan fingerprint density at radius 2 is 1.69 bits per heavy atom. The zero-order valence-corrected chi connectivity index (χ0v) is 18.4. The molecule has 0 aromatic heterocycles. The summed E-state index contributed by atoms with van der Waals surface area (Å²) in [5.41, 5.74) is 1.86. The Kier molecular flexibility index (Phi) is 7.66. The molecule has 1 unspecified atom stereocenters. The van der Waals surface area contributed by atoms with E-state index in [1.54, 1.807) is 11.0 Å². The molecule has 2 aliphatic heterocycles. The number of rotatable bonds is 6. The molecule has 0 spiro atoms. The molecule has 2 aromatic rings. The normalized spacial score (nSPS) is 21.2. The molecule has 1 atom stereocenters. The third kappa shape index (κ3) is 6.02. The summed E-state index contributed by atoms with van der Waals surface area (Å²) in [7, 11) is 0. The van der Waals surface area contributed by atoms with Crippen LogP contribution in [0, 0.1) is 11.6 Å². The summed E-state index contributed by atoms with van der Waals surface area (Å²) in [5, 5.41) is 0. The number of halogens is 2. The van der Waals surface area contributed by atoms with Gasteiger partial charge in [0, 0.05) is 58.3 Å². The Morgan fingerprint density at radius 1 is 0.906 bits per heavy atom. The van der Waals surface area contributed by atoms with Gasteiger partial charge >= 0.3 is 0 Å². The maximum absolute atomic E-state index is 13.5. The van der Waals surface area contributed by atoms with Gasteiger partial charge < -0.3 is 4.90 Å². The van der Waals surface area contributed by atoms with Crippen molar-refractivity contribution in [3.8, 4) is 0 Å². The van der Waals surface area contributed by atoms with Gasteiger partial charge in [-0.25, -0.2) is 8.78 Å². The Morgan fingerprint density at radius 3 is 2.44 bits per heavy atom. The number of carbonyl (C=O) groups excluding carboxylic acids is 1. The molecule has 170 valence electrons. The molecule has 0 saturated carbocycles. The first-order chi connectivity index (χ1) is 15.6. The first-order valence-corrected chi connectivity index (χ1v) is 11.5. The Balaban J connectivity index is 1.24. The molecule has 6 heteroatoms. The predicted molar refractivity (Wildman–Crippen MR) is 123 cm³/mol. The summed E-state index contributed by atoms with van der Waals surface area (Å²) in [6.07, 6.45) is 6.69. The summed E-state index contributed by atoms with van der Waals surface area (Å²) in [4.78, 5) is 19.4. The zero-order valence-electron chi connectivity index (χ0n) is 18.4. The highest BCUT2D eigenvalue weighted by Gasteiger charge is 2.28. The molecular formula is C26H31F2N3O. The fourth-order valence-corrected chi connectivity index (χ4v) is 4.63. The molecule has 2 heterocycles. The van der Waals surface area contributed by atoms with Crippen molar-refractivity contribution >= 4 is 12.0 Å². The van der Waals surface area contributed by atoms with Crippen molar-refractivity contribution in [1.29, 1.82) is 0 Å². The van der Waals surface area contributed by atoms with Gasteiger partial charge in [-0.2, -0.15) is 0 Å². The summed E-state index contributed by atoms with van der Waals surface area (Å²) in [6.45, 7) is 6.04. The van der Waals surface area contributed by atoms with Crippen LogP contribution in [0.1, 0.15) is 30.4 Å². The highest BCUT2D eigenvalue weighted by molar-refractivity contribution is 5.76. The lowest BCUT2D eigenvalue weighted by Crippen LogP contribution is -2.50. The SMILES string of the molecule is O=C1CCC(N2CCN(C/C=C/c3ccccc3)CC2)CCN1Cc1ccc(F)c(F)c1. The smallest absolute Gasteiger partial charge is 0.222 e. The fourth-order valence-electron chi connectivity index (χ4n) is 4.63. The fraction of sp³-hybridized carbons (Fsp3) is 0.423. The average Bonchev–Trinajstić information content (AvgIpc) is 2.99. The standard InChI is InChI=1S/C26H31F2N3O/c27-24-10-8-22(19-25(24)28)20-31-14-12-23(9-11-26(31)32)30-17-15-29(16-18-30)13-4-7-21-5-2-1-3-6-21/h1-8,10,19,23H,9,11-18,20H2/b7-4+. The molecule has 0 bridgehead atoms. The molecule has 2 fully saturated rings. The van der Waals surface area contributed by atoms with Crippen LogP contribution in [0.2, 0.25) is 0 Å². The van der Waals surface area contributed by atoms with Crippen LogP contribution in [-0.2, 0) is 11.3 Å². The van der Waals surface area contributed by atoms with Gasteiger partial charge in [-0.1, -0.05) is 48.6 Å². The minimum absolute atomic E-state index is 0.0990. The topological polar surface area (TPSA) is 26.8 Å². The van der Waals surface area contributed by atoms with Gasteiger partial charge in [-0.15, -0.1) is 0 Å². The predicted octanol–water partition coefficient (Wildman–Crippen LogP) is 4.18. The number of hydrogen-bond donors (Lipinski definition) is 0. The van der Waals surface area contributed by atoms with Gasteiger partial charge in [0.25, 0.3) is 0 Å². The average molecular weight is 440 g/mol. The van der Waals surface area contributed by atoms with E-state index in [0.717, 1.165) is 51.6 Å². The second-order valence-corrected chi connectivity index (χ2v) is 8.69. The lowest BCUT2D eigenvalue weighted by atomic mass is 10.1. The van der Waals surface area contributed by atoms with Gasteiger partial charge in [0.1, 0.15) is 0 Å². The molecule has 0 radical (unpaired) electrons. The molecule has 4 rings (SSSR count). The molecule has 2 aromatic carbocycles. The summed E-state index contributed by atoms with van der Waals surface area (Å²) in [6, 6.07) is 14.6. The molecule has 2 aliphatic rings. The van der Waals surface area contributed by atoms with E-state index in [2.05, 4.69) is 46.2 Å². The van der Waals surface area contributed by atoms with E-state index in [0.29, 0.717) is 31.1 Å². The third-order valence-corrected chi connectivity index (χ3v) is 6.53. The summed E-state index contributed by atoms with van der Waals surface area (Å²) >= 11 is 0. The van der Waals surface area contributed by atoms with Crippen molar-refractivity contribution in [2.75, 3.05) is 39.3 Å². The largest absolute Gasteiger partial charge is 0.338 e. The van der Waals surface area contributed by atoms with Crippen molar-refractivity contribution in [3.05, 3.63) is 77.4 Å². The van der Waals surface area contributed by atoms with Crippen LogP contribution in [0.4, 0.5) is 8.78 Å². The maximum Gasteiger partial charge on any atom is 0.222 e. The van der Waals surface area contributed by atoms with Crippen molar-refractivity contribution in [2.45, 2.75) is 31.8 Å². The maximum atomic E-state index is 13.5.